The van der Waals surface area contributed by atoms with Gasteiger partial charge in [-0.25, -0.2) is 0 Å². The quantitative estimate of drug-likeness (QED) is 0.850. The van der Waals surface area contributed by atoms with Crippen LogP contribution in [0.1, 0.15) is 70.2 Å². The third-order valence-electron chi connectivity index (χ3n) is 4.69. The summed E-state index contributed by atoms with van der Waals surface area (Å²) in [5.74, 6) is 1.22. The van der Waals surface area contributed by atoms with Gasteiger partial charge in [-0.15, -0.1) is 0 Å². The molecule has 3 N–H and O–H groups in total. The number of hydrogen-bond acceptors (Lipinski definition) is 5. The van der Waals surface area contributed by atoms with Gasteiger partial charge in [-0.2, -0.15) is 4.98 Å². The van der Waals surface area contributed by atoms with Crippen LogP contribution in [-0.4, -0.2) is 16.0 Å². The van der Waals surface area contributed by atoms with E-state index in [0.29, 0.717) is 24.6 Å². The van der Waals surface area contributed by atoms with Crippen molar-refractivity contribution < 1.29 is 9.32 Å². The van der Waals surface area contributed by atoms with E-state index < -0.39 is 5.54 Å². The molecular weight excluding hydrogens is 328 g/mol. The van der Waals surface area contributed by atoms with Gasteiger partial charge in [-0.1, -0.05) is 50.9 Å². The van der Waals surface area contributed by atoms with E-state index in [1.807, 2.05) is 45.0 Å². The number of carbonyl (C=O) groups excluding carboxylic acids is 1. The van der Waals surface area contributed by atoms with Crippen molar-refractivity contribution in [2.45, 2.75) is 64.8 Å². The molecule has 0 unspecified atom stereocenters. The van der Waals surface area contributed by atoms with Gasteiger partial charge in [0.1, 0.15) is 0 Å². The second kappa shape index (κ2) is 7.19. The molecule has 1 aromatic heterocycles. The maximum atomic E-state index is 12.0. The lowest BCUT2D eigenvalue weighted by atomic mass is 9.92. The number of rotatable bonds is 5. The Hall–Kier alpha value is -2.21. The summed E-state index contributed by atoms with van der Waals surface area (Å²) in [7, 11) is 0. The number of amides is 1. The van der Waals surface area contributed by atoms with Gasteiger partial charge in [0.05, 0.1) is 12.0 Å². The first-order valence-corrected chi connectivity index (χ1v) is 9.24. The lowest BCUT2D eigenvalue weighted by molar-refractivity contribution is -0.117. The van der Waals surface area contributed by atoms with Crippen LogP contribution in [0.4, 0.5) is 5.69 Å². The van der Waals surface area contributed by atoms with Crippen molar-refractivity contribution in [3.8, 4) is 0 Å². The summed E-state index contributed by atoms with van der Waals surface area (Å²) < 4.78 is 5.38. The third-order valence-corrected chi connectivity index (χ3v) is 4.69. The smallest absolute Gasteiger partial charge is 0.231 e. The van der Waals surface area contributed by atoms with E-state index in [1.165, 1.54) is 0 Å². The van der Waals surface area contributed by atoms with Crippen LogP contribution in [0.3, 0.4) is 0 Å². The predicted octanol–water partition coefficient (Wildman–Crippen LogP) is 3.76. The van der Waals surface area contributed by atoms with Gasteiger partial charge in [0, 0.05) is 12.1 Å². The fraction of sp³-hybridized carbons (Fsp3) is 0.550. The maximum absolute atomic E-state index is 12.0. The summed E-state index contributed by atoms with van der Waals surface area (Å²) in [6, 6.07) is 7.72. The van der Waals surface area contributed by atoms with Gasteiger partial charge in [-0.05, 0) is 36.0 Å². The van der Waals surface area contributed by atoms with Gasteiger partial charge >= 0.3 is 0 Å². The summed E-state index contributed by atoms with van der Waals surface area (Å²) >= 11 is 0. The molecule has 1 fully saturated rings. The molecule has 1 heterocycles. The van der Waals surface area contributed by atoms with E-state index in [2.05, 4.69) is 15.5 Å². The second-order valence-corrected chi connectivity index (χ2v) is 8.53. The van der Waals surface area contributed by atoms with Crippen molar-refractivity contribution in [1.29, 1.82) is 0 Å². The summed E-state index contributed by atoms with van der Waals surface area (Å²) in [4.78, 5) is 16.5. The Morgan fingerprint density at radius 2 is 1.88 bits per heavy atom. The average molecular weight is 356 g/mol. The highest BCUT2D eigenvalue weighted by Crippen LogP contribution is 2.34. The van der Waals surface area contributed by atoms with E-state index in [1.54, 1.807) is 0 Å². The van der Waals surface area contributed by atoms with Crippen LogP contribution in [0.25, 0.3) is 0 Å². The van der Waals surface area contributed by atoms with E-state index in [9.17, 15) is 4.79 Å². The van der Waals surface area contributed by atoms with Gasteiger partial charge in [-0.3, -0.25) is 4.79 Å². The fourth-order valence-corrected chi connectivity index (χ4v) is 3.33. The lowest BCUT2D eigenvalue weighted by Crippen LogP contribution is -2.34. The number of carbonyl (C=O) groups is 1. The highest BCUT2D eigenvalue weighted by Gasteiger charge is 2.35. The summed E-state index contributed by atoms with van der Waals surface area (Å²) in [5, 5.41) is 7.02. The molecule has 6 heteroatoms. The Morgan fingerprint density at radius 3 is 2.50 bits per heavy atom. The molecule has 1 aliphatic carbocycles. The third kappa shape index (κ3) is 4.69. The zero-order valence-corrected chi connectivity index (χ0v) is 15.8. The number of nitrogens with zero attached hydrogens (tertiary/aromatic N) is 2. The second-order valence-electron chi connectivity index (χ2n) is 8.53. The van der Waals surface area contributed by atoms with E-state index >= 15 is 0 Å². The molecule has 0 spiro atoms. The number of nitrogens with two attached hydrogens (primary N) is 1. The summed E-state index contributed by atoms with van der Waals surface area (Å²) in [6.45, 7) is 6.14. The minimum Gasteiger partial charge on any atom is -0.339 e. The monoisotopic (exact) mass is 356 g/mol. The number of anilines is 1. The fourth-order valence-electron chi connectivity index (χ4n) is 3.33. The van der Waals surface area contributed by atoms with Gasteiger partial charge in [0.2, 0.25) is 11.8 Å². The summed E-state index contributed by atoms with van der Waals surface area (Å²) in [6.07, 6.45) is 5.09. The average Bonchev–Trinajstić information content (AvgIpc) is 3.17. The van der Waals surface area contributed by atoms with Crippen LogP contribution in [0, 0.1) is 5.41 Å². The first-order chi connectivity index (χ1) is 12.2. The van der Waals surface area contributed by atoms with Crippen LogP contribution in [-0.2, 0) is 16.8 Å². The van der Waals surface area contributed by atoms with Crippen LogP contribution in [0.15, 0.2) is 28.8 Å². The Labute approximate surface area is 154 Å². The van der Waals surface area contributed by atoms with E-state index in [0.717, 1.165) is 36.9 Å². The normalized spacial score (nSPS) is 16.6. The molecule has 1 amide bonds. The lowest BCUT2D eigenvalue weighted by Gasteiger charge is -2.17. The van der Waals surface area contributed by atoms with Crippen molar-refractivity contribution in [3.05, 3.63) is 41.5 Å². The molecule has 6 nitrogen and oxygen atoms in total. The van der Waals surface area contributed by atoms with Crippen LogP contribution < -0.4 is 11.1 Å². The molecule has 3 rings (SSSR count). The zero-order chi connectivity index (χ0) is 18.8. The van der Waals surface area contributed by atoms with Gasteiger partial charge < -0.3 is 15.6 Å². The van der Waals surface area contributed by atoms with Crippen molar-refractivity contribution in [2.24, 2.45) is 11.1 Å². The zero-order valence-electron chi connectivity index (χ0n) is 15.8. The van der Waals surface area contributed by atoms with Crippen molar-refractivity contribution in [1.82, 2.24) is 10.1 Å². The number of hydrogen-bond donors (Lipinski definition) is 2. The molecule has 0 bridgehead atoms. The molecule has 0 aliphatic heterocycles. The molecule has 0 saturated heterocycles. The summed E-state index contributed by atoms with van der Waals surface area (Å²) in [5.41, 5.74) is 7.76. The van der Waals surface area contributed by atoms with Crippen LogP contribution >= 0.6 is 0 Å². The van der Waals surface area contributed by atoms with Crippen LogP contribution in [0.5, 0.6) is 0 Å². The van der Waals surface area contributed by atoms with Crippen LogP contribution in [0.2, 0.25) is 0 Å². The number of benzene rings is 1. The number of nitrogens with one attached hydrogen (secondary N) is 1. The Balaban J connectivity index is 1.59. The van der Waals surface area contributed by atoms with E-state index in [4.69, 9.17) is 10.3 Å². The molecule has 1 aromatic carbocycles. The number of aromatic nitrogens is 2. The highest BCUT2D eigenvalue weighted by atomic mass is 16.5. The Bertz CT molecular complexity index is 753. The van der Waals surface area contributed by atoms with Gasteiger partial charge in [0.15, 0.2) is 5.82 Å². The molecule has 1 aliphatic rings. The Kier molecular flexibility index (Phi) is 5.14. The minimum atomic E-state index is -0.428. The van der Waals surface area contributed by atoms with Crippen molar-refractivity contribution in [2.75, 3.05) is 5.32 Å². The van der Waals surface area contributed by atoms with Gasteiger partial charge in [0.25, 0.3) is 0 Å². The van der Waals surface area contributed by atoms with E-state index in [-0.39, 0.29) is 11.3 Å². The molecular formula is C20H28N4O2. The topological polar surface area (TPSA) is 94.0 Å². The van der Waals surface area contributed by atoms with Crippen molar-refractivity contribution >= 4 is 11.6 Å². The molecule has 1 saturated carbocycles. The molecule has 26 heavy (non-hydrogen) atoms. The molecule has 0 atom stereocenters. The molecule has 0 radical (unpaired) electrons. The minimum absolute atomic E-state index is 0.0246. The SMILES string of the molecule is CC(C)(C)CC(=O)Nc1ccc(Cc2nc(C3(N)CCCC3)no2)cc1. The first-order valence-electron chi connectivity index (χ1n) is 9.24. The maximum Gasteiger partial charge on any atom is 0.231 e. The highest BCUT2D eigenvalue weighted by molar-refractivity contribution is 5.91. The molecule has 2 aromatic rings. The van der Waals surface area contributed by atoms with Crippen molar-refractivity contribution in [3.63, 3.8) is 0 Å². The first kappa shape index (κ1) is 18.6. The standard InChI is InChI=1S/C20H28N4O2/c1-19(2,3)13-16(25)22-15-8-6-14(7-9-15)12-17-23-18(24-26-17)20(21)10-4-5-11-20/h6-9H,4-5,10-13,21H2,1-3H3,(H,22,25). The molecule has 140 valence electrons. The Morgan fingerprint density at radius 1 is 1.23 bits per heavy atom. The largest absolute Gasteiger partial charge is 0.339 e. The predicted molar refractivity (Wildman–Crippen MR) is 101 cm³/mol.